The Balaban J connectivity index is 5.36. The molecule has 0 saturated carbocycles. The lowest BCUT2D eigenvalue weighted by Gasteiger charge is -2.42. The van der Waals surface area contributed by atoms with E-state index in [-0.39, 0.29) is 0 Å². The van der Waals surface area contributed by atoms with E-state index in [2.05, 4.69) is 66.1 Å². The van der Waals surface area contributed by atoms with Gasteiger partial charge < -0.3 is 8.23 Å². The molecule has 0 bridgehead atoms. The Morgan fingerprint density at radius 3 is 1.00 bits per heavy atom. The summed E-state index contributed by atoms with van der Waals surface area (Å²) in [7, 11) is -3.05. The van der Waals surface area contributed by atoms with E-state index < -0.39 is 33.0 Å². The maximum absolute atomic E-state index is 6.95. The lowest BCUT2D eigenvalue weighted by Crippen LogP contribution is -2.49. The van der Waals surface area contributed by atoms with Gasteiger partial charge in [0.15, 0.2) is 18.1 Å². The zero-order valence-corrected chi connectivity index (χ0v) is 22.2. The van der Waals surface area contributed by atoms with Crippen LogP contribution >= 0.6 is 10.7 Å². The predicted molar refractivity (Wildman–Crippen MR) is 119 cm³/mol. The molecule has 23 heavy (non-hydrogen) atoms. The fraction of sp³-hybridized carbons (Fsp3) is 1.00. The molecule has 0 amide bonds. The number of hydrogen-bond acceptors (Lipinski definition) is 3. The van der Waals surface area contributed by atoms with Crippen LogP contribution < -0.4 is 0 Å². The Bertz CT molecular complexity index is 264. The third-order valence-corrected chi connectivity index (χ3v) is 34.0. The number of rotatable bonds is 14. The molecule has 140 valence electrons. The Labute approximate surface area is 155 Å². The normalized spacial score (nSPS) is 13.3. The Hall–Kier alpha value is 1.14. The molecule has 0 heterocycles. The summed E-state index contributed by atoms with van der Waals surface area (Å²) in [5.74, 6) is 0. The first kappa shape index (κ1) is 24.1. The van der Waals surface area contributed by atoms with Crippen LogP contribution in [0.1, 0.15) is 55.4 Å². The SMILES string of the molecule is CC[SiH](CC)O[Si](CC)(CC)S[Si](CC)(CC)O[SiH](CC)CC. The second-order valence-corrected chi connectivity index (χ2v) is 27.7. The van der Waals surface area contributed by atoms with Crippen LogP contribution in [0.4, 0.5) is 0 Å². The molecule has 0 aliphatic rings. The van der Waals surface area contributed by atoms with Crippen molar-refractivity contribution in [3.8, 4) is 0 Å². The molecule has 0 fully saturated rings. The minimum absolute atomic E-state index is 0.995. The van der Waals surface area contributed by atoms with Crippen LogP contribution in [0.3, 0.4) is 0 Å². The lowest BCUT2D eigenvalue weighted by molar-refractivity contribution is 0.561. The van der Waals surface area contributed by atoms with Crippen LogP contribution in [0.15, 0.2) is 0 Å². The van der Waals surface area contributed by atoms with Gasteiger partial charge in [0.2, 0.25) is 14.9 Å². The van der Waals surface area contributed by atoms with E-state index in [4.69, 9.17) is 8.23 Å². The maximum atomic E-state index is 6.95. The predicted octanol–water partition coefficient (Wildman–Crippen LogP) is 6.24. The third kappa shape index (κ3) is 7.50. The van der Waals surface area contributed by atoms with Crippen molar-refractivity contribution in [3.63, 3.8) is 0 Å². The maximum Gasteiger partial charge on any atom is 0.239 e. The highest BCUT2D eigenvalue weighted by Gasteiger charge is 2.45. The summed E-state index contributed by atoms with van der Waals surface area (Å²) >= 11 is 0. The molecular formula is C16H42O2SSi4. The van der Waals surface area contributed by atoms with E-state index in [1.54, 1.807) is 0 Å². The molecular weight excluding hydrogens is 369 g/mol. The summed E-state index contributed by atoms with van der Waals surface area (Å²) < 4.78 is 13.9. The van der Waals surface area contributed by atoms with Gasteiger partial charge in [0.1, 0.15) is 0 Å². The van der Waals surface area contributed by atoms with Crippen LogP contribution in [-0.4, -0.2) is 33.0 Å². The smallest absolute Gasteiger partial charge is 0.239 e. The largest absolute Gasteiger partial charge is 0.450 e. The van der Waals surface area contributed by atoms with Gasteiger partial charge in [-0.1, -0.05) is 55.4 Å². The first-order chi connectivity index (χ1) is 10.9. The molecule has 0 aromatic carbocycles. The third-order valence-electron chi connectivity index (χ3n) is 5.11. The molecule has 0 unspecified atom stereocenters. The molecule has 0 aromatic heterocycles. The first-order valence-corrected chi connectivity index (χ1v) is 21.1. The van der Waals surface area contributed by atoms with E-state index in [0.717, 1.165) is 0 Å². The second kappa shape index (κ2) is 12.5. The Morgan fingerprint density at radius 2 is 0.826 bits per heavy atom. The van der Waals surface area contributed by atoms with Crippen molar-refractivity contribution in [2.75, 3.05) is 0 Å². The molecule has 0 saturated heterocycles. The van der Waals surface area contributed by atoms with Crippen molar-refractivity contribution in [1.29, 1.82) is 0 Å². The second-order valence-electron chi connectivity index (χ2n) is 6.45. The fourth-order valence-corrected chi connectivity index (χ4v) is 38.0. The van der Waals surface area contributed by atoms with E-state index in [0.29, 0.717) is 0 Å². The molecule has 0 aromatic rings. The number of hydrogen-bond donors (Lipinski definition) is 0. The fourth-order valence-electron chi connectivity index (χ4n) is 3.03. The molecule has 7 heteroatoms. The summed E-state index contributed by atoms with van der Waals surface area (Å²) in [5, 5.41) is 0. The highest BCUT2D eigenvalue weighted by molar-refractivity contribution is 8.49. The van der Waals surface area contributed by atoms with Crippen molar-refractivity contribution >= 4 is 43.7 Å². The quantitative estimate of drug-likeness (QED) is 0.315. The summed E-state index contributed by atoms with van der Waals surface area (Å²) in [6.45, 7) is 18.8. The highest BCUT2D eigenvalue weighted by Crippen LogP contribution is 2.43. The summed E-state index contributed by atoms with van der Waals surface area (Å²) in [6.07, 6.45) is 0. The molecule has 0 N–H and O–H groups in total. The highest BCUT2D eigenvalue weighted by atomic mass is 32.5. The van der Waals surface area contributed by atoms with Crippen LogP contribution in [0.5, 0.6) is 0 Å². The summed E-state index contributed by atoms with van der Waals surface area (Å²) in [5.41, 5.74) is 0. The molecule has 0 atom stereocenters. The van der Waals surface area contributed by atoms with Crippen LogP contribution in [0.2, 0.25) is 48.4 Å². The summed E-state index contributed by atoms with van der Waals surface area (Å²) in [4.78, 5) is 0. The molecule has 2 nitrogen and oxygen atoms in total. The summed E-state index contributed by atoms with van der Waals surface area (Å²) in [6, 6.07) is 10.1. The van der Waals surface area contributed by atoms with Crippen molar-refractivity contribution in [1.82, 2.24) is 0 Å². The monoisotopic (exact) mass is 410 g/mol. The molecule has 0 rings (SSSR count). The minimum Gasteiger partial charge on any atom is -0.450 e. The molecule has 0 aliphatic carbocycles. The van der Waals surface area contributed by atoms with Crippen molar-refractivity contribution < 1.29 is 8.23 Å². The van der Waals surface area contributed by atoms with E-state index in [1.807, 2.05) is 0 Å². The van der Waals surface area contributed by atoms with Crippen LogP contribution in [0, 0.1) is 0 Å². The molecule has 0 aliphatic heterocycles. The van der Waals surface area contributed by atoms with Gasteiger partial charge in [-0.3, -0.25) is 0 Å². The van der Waals surface area contributed by atoms with Gasteiger partial charge in [0, 0.05) is 0 Å². The van der Waals surface area contributed by atoms with Crippen molar-refractivity contribution in [2.24, 2.45) is 0 Å². The van der Waals surface area contributed by atoms with Gasteiger partial charge in [-0.05, 0) is 48.4 Å². The Kier molecular flexibility index (Phi) is 13.1. The molecule has 0 radical (unpaired) electrons. The minimum atomic E-state index is -1.68. The molecule has 0 spiro atoms. The van der Waals surface area contributed by atoms with E-state index >= 15 is 0 Å². The average molecular weight is 411 g/mol. The van der Waals surface area contributed by atoms with Gasteiger partial charge in [-0.25, -0.2) is 0 Å². The van der Waals surface area contributed by atoms with Gasteiger partial charge in [0.25, 0.3) is 0 Å². The van der Waals surface area contributed by atoms with Crippen molar-refractivity contribution in [2.45, 2.75) is 104 Å². The lowest BCUT2D eigenvalue weighted by atomic mass is 10.9. The van der Waals surface area contributed by atoms with Gasteiger partial charge >= 0.3 is 0 Å². The van der Waals surface area contributed by atoms with E-state index in [1.165, 1.54) is 48.4 Å². The Morgan fingerprint density at radius 1 is 0.565 bits per heavy atom. The topological polar surface area (TPSA) is 18.5 Å². The zero-order valence-electron chi connectivity index (χ0n) is 17.0. The zero-order chi connectivity index (χ0) is 17.9. The average Bonchev–Trinajstić information content (AvgIpc) is 2.62. The van der Waals surface area contributed by atoms with E-state index in [9.17, 15) is 0 Å². The first-order valence-electron chi connectivity index (χ1n) is 9.99. The van der Waals surface area contributed by atoms with Gasteiger partial charge in [0.05, 0.1) is 0 Å². The van der Waals surface area contributed by atoms with Crippen LogP contribution in [0.25, 0.3) is 0 Å². The van der Waals surface area contributed by atoms with Crippen LogP contribution in [-0.2, 0) is 8.23 Å². The van der Waals surface area contributed by atoms with Gasteiger partial charge in [-0.15, -0.1) is 0 Å². The standard InChI is InChI=1S/C16H42O2SSi4/c1-9-20(10-2)17-22(13-5,14-6)19-23(15-7,16-8)18-21(11-3)12-4/h20-21H,9-16H2,1-8H3. The van der Waals surface area contributed by atoms with Gasteiger partial charge in [-0.2, -0.15) is 10.7 Å². The van der Waals surface area contributed by atoms with Crippen molar-refractivity contribution in [3.05, 3.63) is 0 Å².